The quantitative estimate of drug-likeness (QED) is 0.923. The molecule has 4 nitrogen and oxygen atoms in total. The number of aromatic nitrogens is 1. The molecule has 1 aromatic heterocycles. The van der Waals surface area contributed by atoms with E-state index < -0.39 is 11.9 Å². The van der Waals surface area contributed by atoms with Gasteiger partial charge in [-0.3, -0.25) is 4.79 Å². The van der Waals surface area contributed by atoms with Gasteiger partial charge in [0.2, 0.25) is 0 Å². The predicted molar refractivity (Wildman–Crippen MR) is 79.5 cm³/mol. The fourth-order valence-electron chi connectivity index (χ4n) is 2.55. The first kappa shape index (κ1) is 13.1. The van der Waals surface area contributed by atoms with Crippen molar-refractivity contribution in [2.24, 2.45) is 0 Å². The van der Waals surface area contributed by atoms with Gasteiger partial charge in [-0.1, -0.05) is 24.3 Å². The zero-order valence-corrected chi connectivity index (χ0v) is 12.3. The van der Waals surface area contributed by atoms with Gasteiger partial charge < -0.3 is 10.0 Å². The lowest BCUT2D eigenvalue weighted by Crippen LogP contribution is -2.36. The Kier molecular flexibility index (Phi) is 3.22. The van der Waals surface area contributed by atoms with E-state index >= 15 is 0 Å². The molecule has 0 saturated carbocycles. The SMILES string of the molecule is Cc1nc(N2Cc3ccccc3C(C(=O)O)C2)sc1C. The molecule has 0 fully saturated rings. The van der Waals surface area contributed by atoms with Crippen molar-refractivity contribution in [3.05, 3.63) is 46.0 Å². The Morgan fingerprint density at radius 1 is 1.40 bits per heavy atom. The van der Waals surface area contributed by atoms with Gasteiger partial charge in [0, 0.05) is 18.0 Å². The number of fused-ring (bicyclic) bond motifs is 1. The van der Waals surface area contributed by atoms with Crippen LogP contribution in [0.3, 0.4) is 0 Å². The summed E-state index contributed by atoms with van der Waals surface area (Å²) >= 11 is 1.63. The minimum atomic E-state index is -0.771. The average molecular weight is 288 g/mol. The summed E-state index contributed by atoms with van der Waals surface area (Å²) < 4.78 is 0. The van der Waals surface area contributed by atoms with E-state index in [0.717, 1.165) is 28.5 Å². The summed E-state index contributed by atoms with van der Waals surface area (Å²) in [5, 5.41) is 10.4. The molecular weight excluding hydrogens is 272 g/mol. The van der Waals surface area contributed by atoms with Crippen LogP contribution in [0.15, 0.2) is 24.3 Å². The van der Waals surface area contributed by atoms with Gasteiger partial charge >= 0.3 is 5.97 Å². The Morgan fingerprint density at radius 2 is 2.15 bits per heavy atom. The molecule has 2 aromatic rings. The third-order valence-electron chi connectivity index (χ3n) is 3.78. The summed E-state index contributed by atoms with van der Waals surface area (Å²) in [5.41, 5.74) is 3.04. The van der Waals surface area contributed by atoms with Crippen LogP contribution in [-0.2, 0) is 11.3 Å². The van der Waals surface area contributed by atoms with Crippen molar-refractivity contribution in [2.45, 2.75) is 26.3 Å². The van der Waals surface area contributed by atoms with Crippen LogP contribution in [0.5, 0.6) is 0 Å². The fourth-order valence-corrected chi connectivity index (χ4v) is 3.47. The molecule has 0 radical (unpaired) electrons. The van der Waals surface area contributed by atoms with Crippen molar-refractivity contribution in [1.82, 2.24) is 4.98 Å². The number of aliphatic carboxylic acids is 1. The zero-order valence-electron chi connectivity index (χ0n) is 11.5. The van der Waals surface area contributed by atoms with Crippen molar-refractivity contribution < 1.29 is 9.90 Å². The van der Waals surface area contributed by atoms with E-state index in [2.05, 4.69) is 9.88 Å². The molecule has 1 aliphatic rings. The minimum absolute atomic E-state index is 0.482. The Labute approximate surface area is 121 Å². The van der Waals surface area contributed by atoms with E-state index in [1.54, 1.807) is 11.3 Å². The number of carbonyl (C=O) groups is 1. The van der Waals surface area contributed by atoms with Crippen molar-refractivity contribution in [2.75, 3.05) is 11.4 Å². The summed E-state index contributed by atoms with van der Waals surface area (Å²) in [4.78, 5) is 19.3. The molecule has 0 amide bonds. The smallest absolute Gasteiger partial charge is 0.312 e. The van der Waals surface area contributed by atoms with E-state index in [1.807, 2.05) is 38.1 Å². The van der Waals surface area contributed by atoms with Gasteiger partial charge in [-0.15, -0.1) is 11.3 Å². The van der Waals surface area contributed by atoms with Crippen LogP contribution < -0.4 is 4.90 Å². The molecule has 0 aliphatic carbocycles. The predicted octanol–water partition coefficient (Wildman–Crippen LogP) is 2.95. The first-order valence-electron chi connectivity index (χ1n) is 6.56. The van der Waals surface area contributed by atoms with Gasteiger partial charge in [0.1, 0.15) is 0 Å². The summed E-state index contributed by atoms with van der Waals surface area (Å²) in [6.45, 7) is 5.25. The Balaban J connectivity index is 1.99. The summed E-state index contributed by atoms with van der Waals surface area (Å²) in [6, 6.07) is 7.79. The van der Waals surface area contributed by atoms with Gasteiger partial charge in [-0.05, 0) is 25.0 Å². The highest BCUT2D eigenvalue weighted by atomic mass is 32.1. The zero-order chi connectivity index (χ0) is 14.3. The monoisotopic (exact) mass is 288 g/mol. The molecule has 104 valence electrons. The van der Waals surface area contributed by atoms with E-state index in [-0.39, 0.29) is 0 Å². The molecule has 1 unspecified atom stereocenters. The third-order valence-corrected chi connectivity index (χ3v) is 4.91. The van der Waals surface area contributed by atoms with Crippen LogP contribution in [-0.4, -0.2) is 22.6 Å². The van der Waals surface area contributed by atoms with Crippen molar-refractivity contribution >= 4 is 22.4 Å². The number of thiazole rings is 1. The third kappa shape index (κ3) is 2.18. The molecule has 0 bridgehead atoms. The molecule has 1 atom stereocenters. The molecule has 3 rings (SSSR count). The van der Waals surface area contributed by atoms with E-state index in [4.69, 9.17) is 0 Å². The van der Waals surface area contributed by atoms with Crippen LogP contribution in [0.1, 0.15) is 27.6 Å². The molecule has 0 saturated heterocycles. The van der Waals surface area contributed by atoms with Crippen LogP contribution in [0, 0.1) is 13.8 Å². The van der Waals surface area contributed by atoms with Crippen molar-refractivity contribution in [1.29, 1.82) is 0 Å². The Hall–Kier alpha value is -1.88. The molecule has 20 heavy (non-hydrogen) atoms. The summed E-state index contributed by atoms with van der Waals surface area (Å²) in [7, 11) is 0. The van der Waals surface area contributed by atoms with Gasteiger partial charge in [0.25, 0.3) is 0 Å². The molecule has 1 N–H and O–H groups in total. The Bertz CT molecular complexity index is 646. The number of rotatable bonds is 2. The van der Waals surface area contributed by atoms with Gasteiger partial charge in [-0.25, -0.2) is 4.98 Å². The lowest BCUT2D eigenvalue weighted by molar-refractivity contribution is -0.138. The van der Waals surface area contributed by atoms with Crippen LogP contribution >= 0.6 is 11.3 Å². The number of aryl methyl sites for hydroxylation is 2. The second kappa shape index (κ2) is 4.90. The van der Waals surface area contributed by atoms with Gasteiger partial charge in [-0.2, -0.15) is 0 Å². The molecule has 5 heteroatoms. The molecule has 1 aliphatic heterocycles. The van der Waals surface area contributed by atoms with Crippen LogP contribution in [0.25, 0.3) is 0 Å². The van der Waals surface area contributed by atoms with E-state index in [9.17, 15) is 9.90 Å². The fraction of sp³-hybridized carbons (Fsp3) is 0.333. The van der Waals surface area contributed by atoms with Crippen molar-refractivity contribution in [3.8, 4) is 0 Å². The Morgan fingerprint density at radius 3 is 2.80 bits per heavy atom. The highest BCUT2D eigenvalue weighted by Gasteiger charge is 2.31. The maximum Gasteiger partial charge on any atom is 0.312 e. The first-order valence-corrected chi connectivity index (χ1v) is 7.37. The summed E-state index contributed by atoms with van der Waals surface area (Å²) in [6.07, 6.45) is 0. The first-order chi connectivity index (χ1) is 9.56. The van der Waals surface area contributed by atoms with Gasteiger partial charge in [0.05, 0.1) is 11.6 Å². The maximum absolute atomic E-state index is 11.5. The highest BCUT2D eigenvalue weighted by Crippen LogP contribution is 2.34. The number of benzene rings is 1. The largest absolute Gasteiger partial charge is 0.481 e. The molecule has 2 heterocycles. The number of anilines is 1. The average Bonchev–Trinajstić information content (AvgIpc) is 2.77. The number of carboxylic acid groups (broad SMARTS) is 1. The van der Waals surface area contributed by atoms with Gasteiger partial charge in [0.15, 0.2) is 5.13 Å². The lowest BCUT2D eigenvalue weighted by atomic mass is 9.90. The minimum Gasteiger partial charge on any atom is -0.481 e. The van der Waals surface area contributed by atoms with Crippen LogP contribution in [0.4, 0.5) is 5.13 Å². The lowest BCUT2D eigenvalue weighted by Gasteiger charge is -2.32. The second-order valence-corrected chi connectivity index (χ2v) is 6.29. The summed E-state index contributed by atoms with van der Waals surface area (Å²) in [5.74, 6) is -1.25. The normalized spacial score (nSPS) is 17.9. The highest BCUT2D eigenvalue weighted by molar-refractivity contribution is 7.15. The second-order valence-electron chi connectivity index (χ2n) is 5.11. The molecular formula is C15H16N2O2S. The molecule has 1 aromatic carbocycles. The van der Waals surface area contributed by atoms with Crippen LogP contribution in [0.2, 0.25) is 0 Å². The number of hydrogen-bond donors (Lipinski definition) is 1. The van der Waals surface area contributed by atoms with Crippen molar-refractivity contribution in [3.63, 3.8) is 0 Å². The number of carboxylic acids is 1. The number of hydrogen-bond acceptors (Lipinski definition) is 4. The van der Waals surface area contributed by atoms with E-state index in [0.29, 0.717) is 6.54 Å². The maximum atomic E-state index is 11.5. The van der Waals surface area contributed by atoms with E-state index in [1.165, 1.54) is 4.88 Å². The topological polar surface area (TPSA) is 53.4 Å². The standard InChI is InChI=1S/C15H16N2O2S/c1-9-10(2)20-15(16-9)17-7-11-5-3-4-6-12(11)13(8-17)14(18)19/h3-6,13H,7-8H2,1-2H3,(H,18,19). The number of nitrogens with zero attached hydrogens (tertiary/aromatic N) is 2. The molecule has 0 spiro atoms.